The lowest BCUT2D eigenvalue weighted by Crippen LogP contribution is -2.26. The fourth-order valence-electron chi connectivity index (χ4n) is 0.227. The quantitative estimate of drug-likeness (QED) is 0.198. The Bertz CT molecular complexity index is 124. The van der Waals surface area contributed by atoms with Crippen LogP contribution in [0.3, 0.4) is 0 Å². The van der Waals surface area contributed by atoms with Crippen molar-refractivity contribution < 1.29 is 9.63 Å². The molecule has 0 rings (SSSR count). The van der Waals surface area contributed by atoms with Crippen molar-refractivity contribution in [3.8, 4) is 0 Å². The van der Waals surface area contributed by atoms with Gasteiger partial charge in [-0.05, 0) is 6.42 Å². The predicted octanol–water partition coefficient (Wildman–Crippen LogP) is 0.364. The first-order valence-corrected chi connectivity index (χ1v) is 2.84. The van der Waals surface area contributed by atoms with Crippen LogP contribution in [0.4, 0.5) is 4.79 Å². The molecule has 0 fully saturated rings. The Labute approximate surface area is 58.4 Å². The molecule has 0 aliphatic rings. The zero-order chi connectivity index (χ0) is 7.82. The molecule has 6 nitrogen and oxygen atoms in total. The molecule has 0 heterocycles. The second-order valence-electron chi connectivity index (χ2n) is 1.46. The molecule has 0 spiro atoms. The number of amides is 2. The zero-order valence-electron chi connectivity index (χ0n) is 5.70. The first kappa shape index (κ1) is 8.83. The number of carbonyl (C=O) groups is 1. The highest BCUT2D eigenvalue weighted by Gasteiger charge is 1.89. The Morgan fingerprint density at radius 3 is 3.00 bits per heavy atom. The number of nitrogens with one attached hydrogen (secondary N) is 1. The molecule has 0 aliphatic heterocycles. The third-order valence-corrected chi connectivity index (χ3v) is 0.608. The Morgan fingerprint density at radius 1 is 1.80 bits per heavy atom. The van der Waals surface area contributed by atoms with E-state index in [1.165, 1.54) is 0 Å². The van der Waals surface area contributed by atoms with Gasteiger partial charge in [-0.2, -0.15) is 0 Å². The summed E-state index contributed by atoms with van der Waals surface area (Å²) in [5, 5.41) is 6.07. The summed E-state index contributed by atoms with van der Waals surface area (Å²) in [4.78, 5) is 14.7. The minimum absolute atomic E-state index is 0.446. The van der Waals surface area contributed by atoms with E-state index in [9.17, 15) is 4.79 Å². The van der Waals surface area contributed by atoms with Crippen LogP contribution in [0.2, 0.25) is 0 Å². The molecular formula is C4H10N4O2. The third-order valence-electron chi connectivity index (χ3n) is 0.608. The maximum absolute atomic E-state index is 10.2. The van der Waals surface area contributed by atoms with Gasteiger partial charge in [-0.25, -0.2) is 10.6 Å². The summed E-state index contributed by atoms with van der Waals surface area (Å²) < 4.78 is 0. The highest BCUT2D eigenvalue weighted by molar-refractivity contribution is 5.73. The number of carbonyl (C=O) groups excluding carboxylic acids is 1. The lowest BCUT2D eigenvalue weighted by Gasteiger charge is -1.90. The van der Waals surface area contributed by atoms with Crippen molar-refractivity contribution in [2.45, 2.75) is 13.3 Å². The van der Waals surface area contributed by atoms with Gasteiger partial charge in [-0.15, -0.1) is 0 Å². The Morgan fingerprint density at radius 2 is 2.50 bits per heavy atom. The molecule has 0 aromatic carbocycles. The second-order valence-corrected chi connectivity index (χ2v) is 1.46. The van der Waals surface area contributed by atoms with E-state index in [0.29, 0.717) is 6.61 Å². The van der Waals surface area contributed by atoms with Crippen LogP contribution in [0.25, 0.3) is 0 Å². The molecule has 0 bridgehead atoms. The SMILES string of the molecule is CCCON=NC(=O)NN. The Hall–Kier alpha value is -1.17. The Kier molecular flexibility index (Phi) is 5.26. The maximum Gasteiger partial charge on any atom is 0.376 e. The van der Waals surface area contributed by atoms with Crippen LogP contribution in [0.1, 0.15) is 13.3 Å². The van der Waals surface area contributed by atoms with E-state index in [2.05, 4.69) is 21.1 Å². The van der Waals surface area contributed by atoms with Crippen LogP contribution in [-0.4, -0.2) is 12.6 Å². The first-order chi connectivity index (χ1) is 4.81. The topological polar surface area (TPSA) is 89.1 Å². The van der Waals surface area contributed by atoms with Crippen molar-refractivity contribution >= 4 is 6.03 Å². The van der Waals surface area contributed by atoms with E-state index < -0.39 is 6.03 Å². The second kappa shape index (κ2) is 5.96. The van der Waals surface area contributed by atoms with Gasteiger partial charge < -0.3 is 4.84 Å². The fourth-order valence-corrected chi connectivity index (χ4v) is 0.227. The largest absolute Gasteiger partial charge is 0.379 e. The van der Waals surface area contributed by atoms with E-state index in [-0.39, 0.29) is 0 Å². The van der Waals surface area contributed by atoms with Gasteiger partial charge in [-0.1, -0.05) is 12.0 Å². The summed E-state index contributed by atoms with van der Waals surface area (Å²) in [6.07, 6.45) is 0.823. The number of nitrogens with zero attached hydrogens (tertiary/aromatic N) is 2. The zero-order valence-corrected chi connectivity index (χ0v) is 5.70. The first-order valence-electron chi connectivity index (χ1n) is 2.84. The number of hydrazine groups is 1. The van der Waals surface area contributed by atoms with Gasteiger partial charge in [0.2, 0.25) is 0 Å². The molecule has 0 aromatic heterocycles. The summed E-state index contributed by atoms with van der Waals surface area (Å²) in [5.74, 6) is 4.68. The lowest BCUT2D eigenvalue weighted by molar-refractivity contribution is 0.124. The van der Waals surface area contributed by atoms with Crippen molar-refractivity contribution in [2.75, 3.05) is 6.61 Å². The molecule has 58 valence electrons. The van der Waals surface area contributed by atoms with Crippen molar-refractivity contribution in [3.05, 3.63) is 0 Å². The number of urea groups is 1. The van der Waals surface area contributed by atoms with Crippen LogP contribution >= 0.6 is 0 Å². The molecule has 6 heteroatoms. The van der Waals surface area contributed by atoms with E-state index in [1.54, 1.807) is 5.43 Å². The summed E-state index contributed by atoms with van der Waals surface area (Å²) in [6, 6.07) is -0.726. The van der Waals surface area contributed by atoms with Crippen LogP contribution in [0.15, 0.2) is 10.4 Å². The van der Waals surface area contributed by atoms with E-state index in [0.717, 1.165) is 6.42 Å². The molecule has 0 radical (unpaired) electrons. The van der Waals surface area contributed by atoms with Crippen LogP contribution in [-0.2, 0) is 4.84 Å². The molecular weight excluding hydrogens is 136 g/mol. The fraction of sp³-hybridized carbons (Fsp3) is 0.750. The van der Waals surface area contributed by atoms with E-state index in [4.69, 9.17) is 0 Å². The van der Waals surface area contributed by atoms with Gasteiger partial charge >= 0.3 is 6.03 Å². The highest BCUT2D eigenvalue weighted by atomic mass is 16.6. The Balaban J connectivity index is 3.27. The maximum atomic E-state index is 10.2. The minimum atomic E-state index is -0.726. The van der Waals surface area contributed by atoms with Gasteiger partial charge in [0.15, 0.2) is 0 Å². The average Bonchev–Trinajstić information content (AvgIpc) is 1.98. The molecule has 0 atom stereocenters. The minimum Gasteiger partial charge on any atom is -0.379 e. The van der Waals surface area contributed by atoms with Gasteiger partial charge in [0, 0.05) is 5.28 Å². The summed E-state index contributed by atoms with van der Waals surface area (Å²) in [7, 11) is 0. The van der Waals surface area contributed by atoms with Crippen LogP contribution in [0.5, 0.6) is 0 Å². The van der Waals surface area contributed by atoms with Gasteiger partial charge in [-0.3, -0.25) is 5.43 Å². The molecule has 3 N–H and O–H groups in total. The van der Waals surface area contributed by atoms with Crippen LogP contribution < -0.4 is 11.3 Å². The number of hydrogen-bond donors (Lipinski definition) is 2. The smallest absolute Gasteiger partial charge is 0.376 e. The number of nitrogens with two attached hydrogens (primary N) is 1. The molecule has 0 saturated carbocycles. The van der Waals surface area contributed by atoms with Crippen LogP contribution in [0, 0.1) is 0 Å². The predicted molar refractivity (Wildman–Crippen MR) is 33.8 cm³/mol. The summed E-state index contributed by atoms with van der Waals surface area (Å²) >= 11 is 0. The normalized spacial score (nSPS) is 9.80. The molecule has 0 aliphatic carbocycles. The highest BCUT2D eigenvalue weighted by Crippen LogP contribution is 1.82. The summed E-state index contributed by atoms with van der Waals surface area (Å²) in [5.41, 5.74) is 1.76. The molecule has 0 unspecified atom stereocenters. The monoisotopic (exact) mass is 146 g/mol. The van der Waals surface area contributed by atoms with Gasteiger partial charge in [0.05, 0.1) is 0 Å². The molecule has 2 amide bonds. The molecule has 0 saturated heterocycles. The number of hydrogen-bond acceptors (Lipinski definition) is 4. The van der Waals surface area contributed by atoms with Crippen molar-refractivity contribution in [1.29, 1.82) is 0 Å². The lowest BCUT2D eigenvalue weighted by atomic mass is 10.5. The molecule has 0 aromatic rings. The van der Waals surface area contributed by atoms with Crippen molar-refractivity contribution in [3.63, 3.8) is 0 Å². The van der Waals surface area contributed by atoms with Crippen molar-refractivity contribution in [2.24, 2.45) is 16.2 Å². The van der Waals surface area contributed by atoms with Gasteiger partial charge in [0.1, 0.15) is 6.61 Å². The van der Waals surface area contributed by atoms with Gasteiger partial charge in [0.25, 0.3) is 0 Å². The van der Waals surface area contributed by atoms with Crippen molar-refractivity contribution in [1.82, 2.24) is 5.43 Å². The number of rotatable bonds is 3. The molecule has 10 heavy (non-hydrogen) atoms. The third kappa shape index (κ3) is 4.98. The standard InChI is InChI=1S/C4H10N4O2/c1-2-3-10-8-7-4(9)6-5/h2-3,5H2,1H3,(H,6,9). The average molecular weight is 146 g/mol. The van der Waals surface area contributed by atoms with E-state index >= 15 is 0 Å². The van der Waals surface area contributed by atoms with E-state index in [1.807, 2.05) is 6.92 Å². The summed E-state index contributed by atoms with van der Waals surface area (Å²) in [6.45, 7) is 2.36.